The van der Waals surface area contributed by atoms with Crippen LogP contribution in [0.25, 0.3) is 4.96 Å². The molecule has 2 aromatic heterocycles. The molecule has 0 saturated heterocycles. The van der Waals surface area contributed by atoms with Crippen LogP contribution in [0.1, 0.15) is 5.69 Å². The molecule has 0 fully saturated rings. The normalized spacial score (nSPS) is 11.6. The Morgan fingerprint density at radius 1 is 1.62 bits per heavy atom. The number of imidazole rings is 1. The molecule has 2 heterocycles. The molecule has 7 heteroatoms. The largest absolute Gasteiger partial charge is 0.352 e. The van der Waals surface area contributed by atoms with E-state index < -0.39 is 6.43 Å². The summed E-state index contributed by atoms with van der Waals surface area (Å²) in [6.07, 6.45) is -0.537. The second-order valence-electron chi connectivity index (χ2n) is 3.41. The van der Waals surface area contributed by atoms with Gasteiger partial charge in [-0.25, -0.2) is 13.8 Å². The molecule has 0 aliphatic heterocycles. The minimum atomic E-state index is -2.38. The summed E-state index contributed by atoms with van der Waals surface area (Å²) >= 11 is 1.46. The maximum atomic E-state index is 12.3. The van der Waals surface area contributed by atoms with Gasteiger partial charge < -0.3 is 10.6 Å². The number of thiazole rings is 1. The van der Waals surface area contributed by atoms with Crippen LogP contribution < -0.4 is 10.6 Å². The standard InChI is InChI=1S/C9H12F2N4S/c1-14(5-7(10)11)8-6(4-12)15-2-3-16-9(15)13-8/h2-3,7H,4-5,12H2,1H3. The van der Waals surface area contributed by atoms with Crippen molar-refractivity contribution in [1.29, 1.82) is 0 Å². The maximum absolute atomic E-state index is 12.3. The van der Waals surface area contributed by atoms with E-state index in [1.165, 1.54) is 16.2 Å². The van der Waals surface area contributed by atoms with Crippen LogP contribution in [0.15, 0.2) is 11.6 Å². The molecule has 4 nitrogen and oxygen atoms in total. The molecule has 2 N–H and O–H groups in total. The molecular weight excluding hydrogens is 234 g/mol. The summed E-state index contributed by atoms with van der Waals surface area (Å²) < 4.78 is 26.4. The van der Waals surface area contributed by atoms with E-state index in [4.69, 9.17) is 5.73 Å². The van der Waals surface area contributed by atoms with Crippen molar-refractivity contribution in [3.8, 4) is 0 Å². The van der Waals surface area contributed by atoms with Gasteiger partial charge in [0.1, 0.15) is 0 Å². The highest BCUT2D eigenvalue weighted by Gasteiger charge is 2.17. The van der Waals surface area contributed by atoms with Crippen molar-refractivity contribution >= 4 is 22.1 Å². The molecule has 0 atom stereocenters. The topological polar surface area (TPSA) is 46.6 Å². The van der Waals surface area contributed by atoms with Crippen LogP contribution in [-0.2, 0) is 6.54 Å². The summed E-state index contributed by atoms with van der Waals surface area (Å²) in [6, 6.07) is 0. The van der Waals surface area contributed by atoms with E-state index in [9.17, 15) is 8.78 Å². The predicted molar refractivity (Wildman–Crippen MR) is 60.2 cm³/mol. The number of fused-ring (bicyclic) bond motifs is 1. The zero-order valence-corrected chi connectivity index (χ0v) is 9.55. The molecule has 2 rings (SSSR count). The molecule has 0 spiro atoms. The van der Waals surface area contributed by atoms with Crippen LogP contribution in [0.3, 0.4) is 0 Å². The van der Waals surface area contributed by atoms with E-state index in [1.54, 1.807) is 7.05 Å². The highest BCUT2D eigenvalue weighted by atomic mass is 32.1. The fraction of sp³-hybridized carbons (Fsp3) is 0.444. The lowest BCUT2D eigenvalue weighted by Gasteiger charge is -2.17. The number of hydrogen-bond donors (Lipinski definition) is 1. The Kier molecular flexibility index (Phi) is 3.06. The molecule has 88 valence electrons. The van der Waals surface area contributed by atoms with Crippen LogP contribution in [0.2, 0.25) is 0 Å². The lowest BCUT2D eigenvalue weighted by atomic mass is 10.4. The Bertz CT molecular complexity index is 479. The van der Waals surface area contributed by atoms with Gasteiger partial charge in [0, 0.05) is 25.2 Å². The highest BCUT2D eigenvalue weighted by Crippen LogP contribution is 2.23. The van der Waals surface area contributed by atoms with E-state index in [0.29, 0.717) is 5.82 Å². The van der Waals surface area contributed by atoms with Crippen molar-refractivity contribution in [3.05, 3.63) is 17.3 Å². The molecule has 0 unspecified atom stereocenters. The number of rotatable bonds is 4. The van der Waals surface area contributed by atoms with Crippen molar-refractivity contribution in [2.45, 2.75) is 13.0 Å². The number of alkyl halides is 2. The van der Waals surface area contributed by atoms with E-state index in [1.807, 2.05) is 16.0 Å². The minimum absolute atomic E-state index is 0.279. The Balaban J connectivity index is 2.38. The van der Waals surface area contributed by atoms with Gasteiger partial charge in [0.25, 0.3) is 6.43 Å². The first kappa shape index (κ1) is 11.3. The monoisotopic (exact) mass is 246 g/mol. The second kappa shape index (κ2) is 4.34. The summed E-state index contributed by atoms with van der Waals surface area (Å²) in [7, 11) is 1.60. The van der Waals surface area contributed by atoms with E-state index in [2.05, 4.69) is 4.98 Å². The van der Waals surface area contributed by atoms with Crippen molar-refractivity contribution in [3.63, 3.8) is 0 Å². The van der Waals surface area contributed by atoms with Crippen LogP contribution in [0, 0.1) is 0 Å². The molecule has 0 amide bonds. The quantitative estimate of drug-likeness (QED) is 0.890. The lowest BCUT2D eigenvalue weighted by Crippen LogP contribution is -2.25. The first-order chi connectivity index (χ1) is 7.63. The average molecular weight is 246 g/mol. The number of nitrogens with zero attached hydrogens (tertiary/aromatic N) is 3. The smallest absolute Gasteiger partial charge is 0.255 e. The molecule has 0 aliphatic carbocycles. The Hall–Kier alpha value is -1.21. The van der Waals surface area contributed by atoms with Gasteiger partial charge in [-0.3, -0.25) is 4.40 Å². The van der Waals surface area contributed by atoms with Crippen molar-refractivity contribution in [2.75, 3.05) is 18.5 Å². The lowest BCUT2D eigenvalue weighted by molar-refractivity contribution is 0.156. The number of anilines is 1. The number of aromatic nitrogens is 2. The van der Waals surface area contributed by atoms with Gasteiger partial charge in [-0.15, -0.1) is 11.3 Å². The summed E-state index contributed by atoms with van der Waals surface area (Å²) in [5.41, 5.74) is 6.38. The van der Waals surface area contributed by atoms with Gasteiger partial charge >= 0.3 is 0 Å². The first-order valence-corrected chi connectivity index (χ1v) is 5.65. The maximum Gasteiger partial charge on any atom is 0.255 e. The SMILES string of the molecule is CN(CC(F)F)c1nc2sccn2c1CN. The first-order valence-electron chi connectivity index (χ1n) is 4.77. The van der Waals surface area contributed by atoms with Gasteiger partial charge in [0.2, 0.25) is 0 Å². The fourth-order valence-electron chi connectivity index (χ4n) is 1.61. The molecular formula is C9H12F2N4S. The summed E-state index contributed by atoms with van der Waals surface area (Å²) in [6.45, 7) is -0.0569. The van der Waals surface area contributed by atoms with Crippen LogP contribution in [0.4, 0.5) is 14.6 Å². The molecule has 0 aliphatic rings. The van der Waals surface area contributed by atoms with Crippen LogP contribution >= 0.6 is 11.3 Å². The van der Waals surface area contributed by atoms with Gasteiger partial charge in [0.05, 0.1) is 12.2 Å². The minimum Gasteiger partial charge on any atom is -0.352 e. The Morgan fingerprint density at radius 2 is 2.38 bits per heavy atom. The van der Waals surface area contributed by atoms with Crippen molar-refractivity contribution in [1.82, 2.24) is 9.38 Å². The third-order valence-corrected chi connectivity index (χ3v) is 3.06. The van der Waals surface area contributed by atoms with Gasteiger partial charge in [0.15, 0.2) is 10.8 Å². The van der Waals surface area contributed by atoms with Crippen molar-refractivity contribution < 1.29 is 8.78 Å². The van der Waals surface area contributed by atoms with Gasteiger partial charge in [-0.05, 0) is 0 Å². The van der Waals surface area contributed by atoms with Crippen molar-refractivity contribution in [2.24, 2.45) is 5.73 Å². The molecule has 2 aromatic rings. The number of hydrogen-bond acceptors (Lipinski definition) is 4. The zero-order chi connectivity index (χ0) is 11.7. The summed E-state index contributed by atoms with van der Waals surface area (Å²) in [5.74, 6) is 0.537. The molecule has 0 aromatic carbocycles. The van der Waals surface area contributed by atoms with Crippen LogP contribution in [-0.4, -0.2) is 29.4 Å². The predicted octanol–water partition coefficient (Wildman–Crippen LogP) is 1.56. The fourth-order valence-corrected chi connectivity index (χ4v) is 2.34. The average Bonchev–Trinajstić information content (AvgIpc) is 2.74. The summed E-state index contributed by atoms with van der Waals surface area (Å²) in [5, 5.41) is 1.89. The highest BCUT2D eigenvalue weighted by molar-refractivity contribution is 7.15. The molecule has 16 heavy (non-hydrogen) atoms. The Morgan fingerprint density at radius 3 is 3.00 bits per heavy atom. The Labute approximate surface area is 95.3 Å². The van der Waals surface area contributed by atoms with Gasteiger partial charge in [-0.2, -0.15) is 0 Å². The van der Waals surface area contributed by atoms with Crippen LogP contribution in [0.5, 0.6) is 0 Å². The number of halogens is 2. The summed E-state index contributed by atoms with van der Waals surface area (Å²) in [4.78, 5) is 6.50. The van der Waals surface area contributed by atoms with Gasteiger partial charge in [-0.1, -0.05) is 0 Å². The van der Waals surface area contributed by atoms with E-state index >= 15 is 0 Å². The molecule has 0 bridgehead atoms. The van der Waals surface area contributed by atoms with E-state index in [0.717, 1.165) is 10.7 Å². The molecule has 0 radical (unpaired) electrons. The molecule has 0 saturated carbocycles. The third kappa shape index (κ3) is 1.88. The van der Waals surface area contributed by atoms with E-state index in [-0.39, 0.29) is 13.1 Å². The zero-order valence-electron chi connectivity index (χ0n) is 8.73. The second-order valence-corrected chi connectivity index (χ2v) is 4.29. The third-order valence-electron chi connectivity index (χ3n) is 2.31. The number of nitrogens with two attached hydrogens (primary N) is 1.